The topological polar surface area (TPSA) is 105 Å². The van der Waals surface area contributed by atoms with Crippen molar-refractivity contribution >= 4 is 11.6 Å². The van der Waals surface area contributed by atoms with Crippen LogP contribution in [0, 0.1) is 0 Å². The molecule has 0 radical (unpaired) electrons. The molecule has 0 aromatic carbocycles. The molecule has 0 fully saturated rings. The number of anilines is 2. The van der Waals surface area contributed by atoms with Gasteiger partial charge in [-0.2, -0.15) is 0 Å². The molecule has 5 N–H and O–H groups in total. The molecule has 0 spiro atoms. The number of nitrogen functional groups attached to an aromatic ring is 1. The molecule has 1 aromatic heterocycles. The lowest BCUT2D eigenvalue weighted by Gasteiger charge is -2.18. The average Bonchev–Trinajstić information content (AvgIpc) is 2.25. The van der Waals surface area contributed by atoms with Crippen molar-refractivity contribution in [1.29, 1.82) is 0 Å². The second kappa shape index (κ2) is 5.76. The van der Waals surface area contributed by atoms with E-state index in [-0.39, 0.29) is 0 Å². The SMILES string of the molecule is COCc1nc(NN)cc(NCC(C)(C)O)n1. The Kier molecular flexibility index (Phi) is 4.62. The van der Waals surface area contributed by atoms with Crippen LogP contribution in [0.3, 0.4) is 0 Å². The normalized spacial score (nSPS) is 11.4. The van der Waals surface area contributed by atoms with Crippen LogP contribution in [0.4, 0.5) is 11.6 Å². The quantitative estimate of drug-likeness (QED) is 0.413. The van der Waals surface area contributed by atoms with Crippen LogP contribution in [-0.2, 0) is 11.3 Å². The van der Waals surface area contributed by atoms with Crippen LogP contribution in [0.15, 0.2) is 6.07 Å². The molecular weight excluding hydrogens is 222 g/mol. The zero-order valence-electron chi connectivity index (χ0n) is 10.3. The minimum Gasteiger partial charge on any atom is -0.389 e. The monoisotopic (exact) mass is 241 g/mol. The van der Waals surface area contributed by atoms with Crippen LogP contribution in [0.1, 0.15) is 19.7 Å². The standard InChI is InChI=1S/C10H19N5O2/c1-10(2,16)6-12-7-4-8(15-11)14-9(13-7)5-17-3/h4,16H,5-6,11H2,1-3H3,(H2,12,13,14,15). The first-order valence-electron chi connectivity index (χ1n) is 5.24. The van der Waals surface area contributed by atoms with E-state index in [4.69, 9.17) is 10.6 Å². The van der Waals surface area contributed by atoms with Crippen molar-refractivity contribution in [2.75, 3.05) is 24.4 Å². The highest BCUT2D eigenvalue weighted by molar-refractivity contribution is 5.46. The van der Waals surface area contributed by atoms with E-state index in [1.807, 2.05) is 0 Å². The van der Waals surface area contributed by atoms with Crippen LogP contribution >= 0.6 is 0 Å². The van der Waals surface area contributed by atoms with Crippen molar-refractivity contribution in [1.82, 2.24) is 9.97 Å². The molecule has 0 saturated carbocycles. The van der Waals surface area contributed by atoms with Gasteiger partial charge in [-0.05, 0) is 13.8 Å². The molecule has 0 amide bonds. The van der Waals surface area contributed by atoms with Gasteiger partial charge >= 0.3 is 0 Å². The minimum atomic E-state index is -0.817. The molecule has 0 unspecified atom stereocenters. The number of nitrogens with zero attached hydrogens (tertiary/aromatic N) is 2. The van der Waals surface area contributed by atoms with Crippen LogP contribution in [0.25, 0.3) is 0 Å². The Morgan fingerprint density at radius 1 is 1.41 bits per heavy atom. The first-order valence-corrected chi connectivity index (χ1v) is 5.24. The molecule has 0 aliphatic rings. The molecular formula is C10H19N5O2. The fourth-order valence-electron chi connectivity index (χ4n) is 1.16. The molecule has 7 heteroatoms. The Balaban J connectivity index is 2.79. The summed E-state index contributed by atoms with van der Waals surface area (Å²) in [5.41, 5.74) is 1.64. The maximum Gasteiger partial charge on any atom is 0.158 e. The summed E-state index contributed by atoms with van der Waals surface area (Å²) in [6.45, 7) is 4.09. The predicted octanol–water partition coefficient (Wildman–Crippen LogP) is 0.0914. The van der Waals surface area contributed by atoms with Crippen molar-refractivity contribution < 1.29 is 9.84 Å². The molecule has 7 nitrogen and oxygen atoms in total. The van der Waals surface area contributed by atoms with E-state index in [1.54, 1.807) is 27.0 Å². The van der Waals surface area contributed by atoms with Gasteiger partial charge in [0.1, 0.15) is 18.2 Å². The molecule has 0 atom stereocenters. The Morgan fingerprint density at radius 2 is 2.06 bits per heavy atom. The lowest BCUT2D eigenvalue weighted by Crippen LogP contribution is -2.29. The fourth-order valence-corrected chi connectivity index (χ4v) is 1.16. The maximum absolute atomic E-state index is 9.61. The van der Waals surface area contributed by atoms with Crippen LogP contribution < -0.4 is 16.6 Å². The summed E-state index contributed by atoms with van der Waals surface area (Å²) in [4.78, 5) is 8.33. The molecule has 0 aliphatic carbocycles. The Bertz CT molecular complexity index is 364. The molecule has 17 heavy (non-hydrogen) atoms. The van der Waals surface area contributed by atoms with E-state index in [2.05, 4.69) is 20.7 Å². The van der Waals surface area contributed by atoms with Gasteiger partial charge in [-0.15, -0.1) is 0 Å². The summed E-state index contributed by atoms with van der Waals surface area (Å²) in [6, 6.07) is 1.66. The van der Waals surface area contributed by atoms with Crippen LogP contribution in [-0.4, -0.2) is 34.3 Å². The number of nitrogens with two attached hydrogens (primary N) is 1. The van der Waals surface area contributed by atoms with Gasteiger partial charge < -0.3 is 20.6 Å². The Morgan fingerprint density at radius 3 is 2.59 bits per heavy atom. The second-order valence-corrected chi connectivity index (χ2v) is 4.30. The van der Waals surface area contributed by atoms with Crippen molar-refractivity contribution in [3.63, 3.8) is 0 Å². The van der Waals surface area contributed by atoms with E-state index < -0.39 is 5.60 Å². The second-order valence-electron chi connectivity index (χ2n) is 4.30. The third kappa shape index (κ3) is 4.94. The van der Waals surface area contributed by atoms with E-state index in [9.17, 15) is 5.11 Å². The highest BCUT2D eigenvalue weighted by Crippen LogP contribution is 2.12. The number of hydrogen-bond donors (Lipinski definition) is 4. The van der Waals surface area contributed by atoms with Crippen molar-refractivity contribution in [3.05, 3.63) is 11.9 Å². The highest BCUT2D eigenvalue weighted by Gasteiger charge is 2.12. The van der Waals surface area contributed by atoms with Gasteiger partial charge in [0.15, 0.2) is 5.82 Å². The number of rotatable bonds is 6. The first-order chi connectivity index (χ1) is 7.94. The largest absolute Gasteiger partial charge is 0.389 e. The third-order valence-corrected chi connectivity index (χ3v) is 1.90. The van der Waals surface area contributed by atoms with Gasteiger partial charge in [0.2, 0.25) is 0 Å². The van der Waals surface area contributed by atoms with Crippen molar-refractivity contribution in [2.45, 2.75) is 26.1 Å². The lowest BCUT2D eigenvalue weighted by molar-refractivity contribution is 0.0944. The highest BCUT2D eigenvalue weighted by atomic mass is 16.5. The summed E-state index contributed by atoms with van der Waals surface area (Å²) in [5, 5.41) is 12.6. The van der Waals surface area contributed by atoms with Crippen molar-refractivity contribution in [3.8, 4) is 0 Å². The summed E-state index contributed by atoms with van der Waals surface area (Å²) >= 11 is 0. The third-order valence-electron chi connectivity index (χ3n) is 1.90. The summed E-state index contributed by atoms with van der Waals surface area (Å²) in [6.07, 6.45) is 0. The molecule has 0 bridgehead atoms. The number of hydrazine groups is 1. The van der Waals surface area contributed by atoms with E-state index >= 15 is 0 Å². The average molecular weight is 241 g/mol. The van der Waals surface area contributed by atoms with Gasteiger partial charge in [0.25, 0.3) is 0 Å². The number of ether oxygens (including phenoxy) is 1. The minimum absolute atomic E-state index is 0.298. The number of hydrogen-bond acceptors (Lipinski definition) is 7. The maximum atomic E-state index is 9.61. The van der Waals surface area contributed by atoms with E-state index in [0.29, 0.717) is 30.6 Å². The Hall–Kier alpha value is -1.44. The molecule has 0 aliphatic heterocycles. The molecule has 1 heterocycles. The molecule has 1 rings (SSSR count). The fraction of sp³-hybridized carbons (Fsp3) is 0.600. The van der Waals surface area contributed by atoms with Gasteiger partial charge in [-0.1, -0.05) is 0 Å². The smallest absolute Gasteiger partial charge is 0.158 e. The first kappa shape index (κ1) is 13.6. The van der Waals surface area contributed by atoms with Crippen LogP contribution in [0.5, 0.6) is 0 Å². The van der Waals surface area contributed by atoms with Gasteiger partial charge in [0, 0.05) is 19.7 Å². The summed E-state index contributed by atoms with van der Waals surface area (Å²) in [5.74, 6) is 6.90. The molecule has 1 aromatic rings. The van der Waals surface area contributed by atoms with Gasteiger partial charge in [-0.25, -0.2) is 15.8 Å². The van der Waals surface area contributed by atoms with E-state index in [0.717, 1.165) is 0 Å². The number of aliphatic hydroxyl groups is 1. The summed E-state index contributed by atoms with van der Waals surface area (Å²) in [7, 11) is 1.57. The van der Waals surface area contributed by atoms with E-state index in [1.165, 1.54) is 0 Å². The van der Waals surface area contributed by atoms with Crippen molar-refractivity contribution in [2.24, 2.45) is 5.84 Å². The Labute approximate surface area is 100 Å². The van der Waals surface area contributed by atoms with Gasteiger partial charge in [0.05, 0.1) is 5.60 Å². The zero-order valence-corrected chi connectivity index (χ0v) is 10.3. The number of aromatic nitrogens is 2. The molecule has 0 saturated heterocycles. The number of nitrogens with one attached hydrogen (secondary N) is 2. The molecule has 96 valence electrons. The number of methoxy groups -OCH3 is 1. The van der Waals surface area contributed by atoms with Gasteiger partial charge in [-0.3, -0.25) is 0 Å². The summed E-state index contributed by atoms with van der Waals surface area (Å²) < 4.78 is 4.96. The zero-order chi connectivity index (χ0) is 12.9. The lowest BCUT2D eigenvalue weighted by atomic mass is 10.1. The predicted molar refractivity (Wildman–Crippen MR) is 65.3 cm³/mol. The van der Waals surface area contributed by atoms with Crippen LogP contribution in [0.2, 0.25) is 0 Å².